The maximum Gasteiger partial charge on any atom is 0.253 e. The minimum Gasteiger partial charge on any atom is -0.474 e. The largest absolute Gasteiger partial charge is 0.474 e. The Morgan fingerprint density at radius 1 is 1.13 bits per heavy atom. The van der Waals surface area contributed by atoms with Crippen molar-refractivity contribution in [1.82, 2.24) is 20.5 Å². The van der Waals surface area contributed by atoms with Crippen LogP contribution in [-0.2, 0) is 13.1 Å². The number of hydrogen-bond acceptors (Lipinski definition) is 4. The molecule has 0 bridgehead atoms. The molecule has 1 aromatic carbocycles. The second kappa shape index (κ2) is 12.5. The molecule has 0 aliphatic heterocycles. The van der Waals surface area contributed by atoms with Crippen molar-refractivity contribution in [2.24, 2.45) is 4.99 Å². The number of rotatable bonds is 7. The van der Waals surface area contributed by atoms with Crippen LogP contribution in [-0.4, -0.2) is 49.0 Å². The van der Waals surface area contributed by atoms with Crippen molar-refractivity contribution in [3.8, 4) is 5.88 Å². The van der Waals surface area contributed by atoms with E-state index < -0.39 is 0 Å². The highest BCUT2D eigenvalue weighted by Crippen LogP contribution is 2.24. The lowest BCUT2D eigenvalue weighted by atomic mass is 10.1. The Morgan fingerprint density at radius 2 is 1.81 bits per heavy atom. The van der Waals surface area contributed by atoms with Crippen LogP contribution in [0.15, 0.2) is 47.6 Å². The molecule has 0 radical (unpaired) electrons. The summed E-state index contributed by atoms with van der Waals surface area (Å²) in [5, 5.41) is 6.63. The van der Waals surface area contributed by atoms with Gasteiger partial charge < -0.3 is 20.3 Å². The first-order valence-corrected chi connectivity index (χ1v) is 10.4. The minimum atomic E-state index is -0.000849. The highest BCUT2D eigenvalue weighted by atomic mass is 127. The molecule has 1 aromatic heterocycles. The van der Waals surface area contributed by atoms with Gasteiger partial charge in [-0.25, -0.2) is 4.98 Å². The van der Waals surface area contributed by atoms with Crippen molar-refractivity contribution in [1.29, 1.82) is 0 Å². The van der Waals surface area contributed by atoms with Gasteiger partial charge in [0.25, 0.3) is 5.91 Å². The first-order valence-electron chi connectivity index (χ1n) is 10.4. The molecular weight excluding hydrogens is 505 g/mol. The van der Waals surface area contributed by atoms with E-state index in [9.17, 15) is 4.79 Å². The molecular formula is C23H32IN5O2. The molecule has 168 valence electrons. The number of halogens is 1. The lowest BCUT2D eigenvalue weighted by Gasteiger charge is -2.17. The average molecular weight is 537 g/mol. The Hall–Kier alpha value is -2.36. The van der Waals surface area contributed by atoms with Gasteiger partial charge in [-0.2, -0.15) is 0 Å². The molecule has 1 aliphatic carbocycles. The van der Waals surface area contributed by atoms with Crippen LogP contribution in [0.1, 0.15) is 47.2 Å². The lowest BCUT2D eigenvalue weighted by molar-refractivity contribution is 0.0827. The van der Waals surface area contributed by atoms with Gasteiger partial charge in [0.05, 0.1) is 0 Å². The van der Waals surface area contributed by atoms with Gasteiger partial charge in [0, 0.05) is 51.6 Å². The van der Waals surface area contributed by atoms with E-state index in [1.165, 1.54) is 12.8 Å². The molecule has 2 aromatic rings. The molecule has 1 amide bonds. The van der Waals surface area contributed by atoms with Crippen molar-refractivity contribution in [3.63, 3.8) is 0 Å². The number of ether oxygens (including phenoxy) is 1. The quantitative estimate of drug-likeness (QED) is 0.321. The number of carbonyl (C=O) groups excluding carboxylic acids is 1. The highest BCUT2D eigenvalue weighted by Gasteiger charge is 2.18. The van der Waals surface area contributed by atoms with Gasteiger partial charge in [0.15, 0.2) is 5.96 Å². The normalized spacial score (nSPS) is 14.0. The van der Waals surface area contributed by atoms with Crippen molar-refractivity contribution in [2.45, 2.75) is 44.9 Å². The van der Waals surface area contributed by atoms with E-state index in [4.69, 9.17) is 4.74 Å². The molecule has 7 nitrogen and oxygen atoms in total. The van der Waals surface area contributed by atoms with Crippen molar-refractivity contribution >= 4 is 35.8 Å². The summed E-state index contributed by atoms with van der Waals surface area (Å²) in [5.74, 6) is 1.40. The number of aromatic nitrogens is 1. The topological polar surface area (TPSA) is 78.9 Å². The molecule has 1 aliphatic rings. The average Bonchev–Trinajstić information content (AvgIpc) is 3.28. The molecule has 0 atom stereocenters. The summed E-state index contributed by atoms with van der Waals surface area (Å²) in [4.78, 5) is 22.3. The number of benzene rings is 1. The lowest BCUT2D eigenvalue weighted by Crippen LogP contribution is -2.36. The van der Waals surface area contributed by atoms with Crippen LogP contribution < -0.4 is 15.4 Å². The summed E-state index contributed by atoms with van der Waals surface area (Å²) in [7, 11) is 5.24. The molecule has 1 fully saturated rings. The molecule has 3 rings (SSSR count). The standard InChI is InChI=1S/C23H31N5O2.HI/c1-24-23(26-15-17-10-12-18(13-11-17)22(29)28(2)3)27-16-19-7-6-14-25-21(19)30-20-8-4-5-9-20;/h6-7,10-14,20H,4-5,8-9,15-16H2,1-3H3,(H2,24,26,27);1H. The van der Waals surface area contributed by atoms with Gasteiger partial charge in [-0.3, -0.25) is 9.79 Å². The number of nitrogens with one attached hydrogen (secondary N) is 2. The number of guanidine groups is 1. The van der Waals surface area contributed by atoms with Crippen LogP contribution in [0.4, 0.5) is 0 Å². The van der Waals surface area contributed by atoms with Crippen LogP contribution in [0, 0.1) is 0 Å². The Balaban J connectivity index is 0.00000341. The second-order valence-corrected chi connectivity index (χ2v) is 7.67. The van der Waals surface area contributed by atoms with E-state index in [-0.39, 0.29) is 36.0 Å². The fraction of sp³-hybridized carbons (Fsp3) is 0.435. The number of carbonyl (C=O) groups is 1. The summed E-state index contributed by atoms with van der Waals surface area (Å²) in [5.41, 5.74) is 2.76. The van der Waals surface area contributed by atoms with E-state index >= 15 is 0 Å². The van der Waals surface area contributed by atoms with Gasteiger partial charge >= 0.3 is 0 Å². The van der Waals surface area contributed by atoms with Crippen molar-refractivity contribution in [2.75, 3.05) is 21.1 Å². The summed E-state index contributed by atoms with van der Waals surface area (Å²) in [6.45, 7) is 1.18. The molecule has 1 heterocycles. The summed E-state index contributed by atoms with van der Waals surface area (Å²) < 4.78 is 6.11. The molecule has 31 heavy (non-hydrogen) atoms. The van der Waals surface area contributed by atoms with Gasteiger partial charge in [0.1, 0.15) is 6.10 Å². The van der Waals surface area contributed by atoms with Gasteiger partial charge in [0.2, 0.25) is 5.88 Å². The van der Waals surface area contributed by atoms with E-state index in [0.717, 1.165) is 24.0 Å². The summed E-state index contributed by atoms with van der Waals surface area (Å²) in [6, 6.07) is 11.5. The molecule has 1 saturated carbocycles. The predicted octanol–water partition coefficient (Wildman–Crippen LogP) is 3.59. The third-order valence-electron chi connectivity index (χ3n) is 5.17. The Morgan fingerprint density at radius 3 is 2.45 bits per heavy atom. The number of nitrogens with zero attached hydrogens (tertiary/aromatic N) is 3. The van der Waals surface area contributed by atoms with E-state index in [2.05, 4.69) is 20.6 Å². The monoisotopic (exact) mass is 537 g/mol. The maximum atomic E-state index is 12.0. The first kappa shape index (κ1) is 24.9. The minimum absolute atomic E-state index is 0. The molecule has 8 heteroatoms. The summed E-state index contributed by atoms with van der Waals surface area (Å²) >= 11 is 0. The zero-order valence-corrected chi connectivity index (χ0v) is 20.8. The Kier molecular flexibility index (Phi) is 10.0. The van der Waals surface area contributed by atoms with Gasteiger partial charge in [-0.1, -0.05) is 18.2 Å². The number of pyridine rings is 1. The van der Waals surface area contributed by atoms with Crippen LogP contribution in [0.2, 0.25) is 0 Å². The fourth-order valence-electron chi connectivity index (χ4n) is 3.44. The third kappa shape index (κ3) is 7.37. The van der Waals surface area contributed by atoms with Gasteiger partial charge in [-0.15, -0.1) is 24.0 Å². The predicted molar refractivity (Wildman–Crippen MR) is 134 cm³/mol. The molecule has 0 unspecified atom stereocenters. The highest BCUT2D eigenvalue weighted by molar-refractivity contribution is 14.0. The second-order valence-electron chi connectivity index (χ2n) is 7.67. The SMILES string of the molecule is CN=C(NCc1ccc(C(=O)N(C)C)cc1)NCc1cccnc1OC1CCCC1.I. The van der Waals surface area contributed by atoms with Crippen LogP contribution in [0.3, 0.4) is 0 Å². The molecule has 2 N–H and O–H groups in total. The van der Waals surface area contributed by atoms with Crippen molar-refractivity contribution < 1.29 is 9.53 Å². The van der Waals surface area contributed by atoms with E-state index in [1.807, 2.05) is 36.4 Å². The van der Waals surface area contributed by atoms with Gasteiger partial charge in [-0.05, 0) is 49.4 Å². The Labute approximate surface area is 201 Å². The van der Waals surface area contributed by atoms with E-state index in [0.29, 0.717) is 30.5 Å². The Bertz CT molecular complexity index is 865. The van der Waals surface area contributed by atoms with E-state index in [1.54, 1.807) is 32.2 Å². The van der Waals surface area contributed by atoms with Crippen LogP contribution in [0.25, 0.3) is 0 Å². The maximum absolute atomic E-state index is 12.0. The van der Waals surface area contributed by atoms with Crippen molar-refractivity contribution in [3.05, 3.63) is 59.3 Å². The number of amides is 1. The smallest absolute Gasteiger partial charge is 0.253 e. The zero-order chi connectivity index (χ0) is 21.3. The van der Waals surface area contributed by atoms with Crippen LogP contribution >= 0.6 is 24.0 Å². The molecule has 0 saturated heterocycles. The van der Waals surface area contributed by atoms with Crippen LogP contribution in [0.5, 0.6) is 5.88 Å². The first-order chi connectivity index (χ1) is 14.6. The number of aliphatic imine (C=N–C) groups is 1. The fourth-order valence-corrected chi connectivity index (χ4v) is 3.44. The summed E-state index contributed by atoms with van der Waals surface area (Å²) in [6.07, 6.45) is 6.71. The zero-order valence-electron chi connectivity index (χ0n) is 18.4. The number of hydrogen-bond donors (Lipinski definition) is 2. The molecule has 0 spiro atoms. The third-order valence-corrected chi connectivity index (χ3v) is 5.17.